The van der Waals surface area contributed by atoms with Crippen LogP contribution in [0.3, 0.4) is 0 Å². The maximum Gasteiger partial charge on any atom is 0.182 e. The average molecular weight is 243 g/mol. The van der Waals surface area contributed by atoms with E-state index in [-0.39, 0.29) is 10.6 Å². The van der Waals surface area contributed by atoms with Crippen LogP contribution in [0.15, 0.2) is 29.2 Å². The van der Waals surface area contributed by atoms with E-state index < -0.39 is 9.84 Å². The van der Waals surface area contributed by atoms with Crippen molar-refractivity contribution in [1.82, 2.24) is 0 Å². The van der Waals surface area contributed by atoms with Gasteiger partial charge in [0.1, 0.15) is 10.6 Å². The van der Waals surface area contributed by atoms with Crippen LogP contribution in [0.1, 0.15) is 12.8 Å². The van der Waals surface area contributed by atoms with Gasteiger partial charge >= 0.3 is 0 Å². The number of hydrogen-bond donors (Lipinski definition) is 1. The van der Waals surface area contributed by atoms with E-state index in [0.717, 1.165) is 0 Å². The third kappa shape index (κ3) is 3.21. The second-order valence-corrected chi connectivity index (χ2v) is 5.54. The van der Waals surface area contributed by atoms with E-state index in [1.54, 1.807) is 24.3 Å². The number of hydrogen-bond acceptors (Lipinski definition) is 4. The Kier molecular flexibility index (Phi) is 4.76. The molecule has 0 amide bonds. The van der Waals surface area contributed by atoms with Crippen LogP contribution in [0.2, 0.25) is 0 Å². The average Bonchev–Trinajstić information content (AvgIpc) is 2.29. The summed E-state index contributed by atoms with van der Waals surface area (Å²) in [6, 6.07) is 6.66. The fraction of sp³-hybridized carbons (Fsp3) is 0.455. The van der Waals surface area contributed by atoms with E-state index in [1.165, 1.54) is 7.11 Å². The van der Waals surface area contributed by atoms with Gasteiger partial charge < -0.3 is 10.5 Å². The molecule has 0 spiro atoms. The zero-order valence-electron chi connectivity index (χ0n) is 9.35. The number of benzene rings is 1. The first kappa shape index (κ1) is 13.0. The Morgan fingerprint density at radius 2 is 1.94 bits per heavy atom. The van der Waals surface area contributed by atoms with Crippen molar-refractivity contribution in [2.75, 3.05) is 19.4 Å². The molecule has 0 aliphatic rings. The molecule has 0 aliphatic heterocycles. The molecular formula is C11H17NO3S. The van der Waals surface area contributed by atoms with Crippen molar-refractivity contribution in [3.05, 3.63) is 24.3 Å². The second-order valence-electron chi connectivity index (χ2n) is 3.47. The Morgan fingerprint density at radius 1 is 1.25 bits per heavy atom. The third-order valence-electron chi connectivity index (χ3n) is 2.27. The van der Waals surface area contributed by atoms with Crippen LogP contribution in [-0.4, -0.2) is 27.8 Å². The monoisotopic (exact) mass is 243 g/mol. The van der Waals surface area contributed by atoms with Gasteiger partial charge in [-0.1, -0.05) is 12.1 Å². The van der Waals surface area contributed by atoms with Gasteiger partial charge in [-0.05, 0) is 31.5 Å². The van der Waals surface area contributed by atoms with Crippen LogP contribution in [0.4, 0.5) is 0 Å². The highest BCUT2D eigenvalue weighted by molar-refractivity contribution is 7.91. The summed E-state index contributed by atoms with van der Waals surface area (Å²) in [7, 11) is -1.79. The number of rotatable bonds is 6. The van der Waals surface area contributed by atoms with Crippen LogP contribution in [0.25, 0.3) is 0 Å². The first-order valence-corrected chi connectivity index (χ1v) is 6.83. The van der Waals surface area contributed by atoms with Crippen molar-refractivity contribution in [1.29, 1.82) is 0 Å². The minimum absolute atomic E-state index is 0.116. The Hall–Kier alpha value is -1.07. The zero-order valence-corrected chi connectivity index (χ0v) is 10.2. The highest BCUT2D eigenvalue weighted by Gasteiger charge is 2.18. The van der Waals surface area contributed by atoms with Gasteiger partial charge in [0.05, 0.1) is 12.9 Å². The molecule has 2 N–H and O–H groups in total. The number of methoxy groups -OCH3 is 1. The summed E-state index contributed by atoms with van der Waals surface area (Å²) in [6.45, 7) is 0.515. The van der Waals surface area contributed by atoms with Gasteiger partial charge in [0.25, 0.3) is 0 Å². The molecule has 1 aromatic carbocycles. The molecule has 4 nitrogen and oxygen atoms in total. The van der Waals surface area contributed by atoms with Crippen LogP contribution in [-0.2, 0) is 9.84 Å². The predicted molar refractivity (Wildman–Crippen MR) is 63.3 cm³/mol. The molecule has 0 unspecified atom stereocenters. The van der Waals surface area contributed by atoms with Crippen molar-refractivity contribution in [2.45, 2.75) is 17.7 Å². The van der Waals surface area contributed by atoms with Gasteiger partial charge in [-0.2, -0.15) is 0 Å². The van der Waals surface area contributed by atoms with Crippen molar-refractivity contribution in [3.63, 3.8) is 0 Å². The summed E-state index contributed by atoms with van der Waals surface area (Å²) in [5.41, 5.74) is 5.33. The molecule has 0 radical (unpaired) electrons. The maximum atomic E-state index is 12.0. The van der Waals surface area contributed by atoms with Crippen LogP contribution in [0.5, 0.6) is 5.75 Å². The molecule has 0 fully saturated rings. The summed E-state index contributed by atoms with van der Waals surface area (Å²) in [5, 5.41) is 0. The van der Waals surface area contributed by atoms with E-state index >= 15 is 0 Å². The molecule has 0 atom stereocenters. The van der Waals surface area contributed by atoms with Gasteiger partial charge in [0, 0.05) is 0 Å². The summed E-state index contributed by atoms with van der Waals surface area (Å²) < 4.78 is 29.0. The highest BCUT2D eigenvalue weighted by Crippen LogP contribution is 2.24. The van der Waals surface area contributed by atoms with Crippen LogP contribution in [0, 0.1) is 0 Å². The lowest BCUT2D eigenvalue weighted by Gasteiger charge is -2.08. The van der Waals surface area contributed by atoms with Crippen molar-refractivity contribution in [2.24, 2.45) is 5.73 Å². The van der Waals surface area contributed by atoms with E-state index in [9.17, 15) is 8.42 Å². The topological polar surface area (TPSA) is 69.4 Å². The normalized spacial score (nSPS) is 11.4. The smallest absolute Gasteiger partial charge is 0.182 e. The van der Waals surface area contributed by atoms with Gasteiger partial charge in [-0.3, -0.25) is 0 Å². The molecule has 0 aromatic heterocycles. The Morgan fingerprint density at radius 3 is 2.56 bits per heavy atom. The number of sulfone groups is 1. The van der Waals surface area contributed by atoms with Gasteiger partial charge in [0.2, 0.25) is 0 Å². The number of ether oxygens (including phenoxy) is 1. The Bertz CT molecular complexity index is 429. The molecule has 5 heteroatoms. The first-order chi connectivity index (χ1) is 7.61. The zero-order chi connectivity index (χ0) is 12.0. The van der Waals surface area contributed by atoms with Crippen molar-refractivity contribution in [3.8, 4) is 5.75 Å². The maximum absolute atomic E-state index is 12.0. The molecular weight excluding hydrogens is 226 g/mol. The molecule has 0 saturated carbocycles. The van der Waals surface area contributed by atoms with Crippen LogP contribution < -0.4 is 10.5 Å². The molecule has 0 aliphatic carbocycles. The molecule has 0 heterocycles. The van der Waals surface area contributed by atoms with E-state index in [2.05, 4.69) is 0 Å². The lowest BCUT2D eigenvalue weighted by atomic mass is 10.3. The van der Waals surface area contributed by atoms with Gasteiger partial charge in [0.15, 0.2) is 9.84 Å². The van der Waals surface area contributed by atoms with Crippen molar-refractivity contribution >= 4 is 9.84 Å². The molecule has 90 valence electrons. The Balaban J connectivity index is 2.89. The standard InChI is InChI=1S/C11H17NO3S/c1-15-10-6-2-3-7-11(10)16(13,14)9-5-4-8-12/h2-3,6-7H,4-5,8-9,12H2,1H3. The molecule has 0 bridgehead atoms. The van der Waals surface area contributed by atoms with E-state index in [0.29, 0.717) is 25.1 Å². The molecule has 0 saturated heterocycles. The summed E-state index contributed by atoms with van der Waals surface area (Å²) in [4.78, 5) is 0.259. The quantitative estimate of drug-likeness (QED) is 0.762. The SMILES string of the molecule is COc1ccccc1S(=O)(=O)CCCCN. The minimum atomic E-state index is -3.26. The minimum Gasteiger partial charge on any atom is -0.495 e. The highest BCUT2D eigenvalue weighted by atomic mass is 32.2. The summed E-state index contributed by atoms with van der Waals surface area (Å²) in [6.07, 6.45) is 1.30. The van der Waals surface area contributed by atoms with E-state index in [4.69, 9.17) is 10.5 Å². The molecule has 1 aromatic rings. The lowest BCUT2D eigenvalue weighted by Crippen LogP contribution is -2.10. The molecule has 1 rings (SSSR count). The van der Waals surface area contributed by atoms with E-state index in [1.807, 2.05) is 0 Å². The number of unbranched alkanes of at least 4 members (excludes halogenated alkanes) is 1. The lowest BCUT2D eigenvalue weighted by molar-refractivity contribution is 0.402. The summed E-state index contributed by atoms with van der Waals surface area (Å²) >= 11 is 0. The second kappa shape index (κ2) is 5.86. The predicted octanol–water partition coefficient (Wildman–Crippen LogP) is 1.21. The Labute approximate surface area is 96.3 Å². The van der Waals surface area contributed by atoms with Crippen molar-refractivity contribution < 1.29 is 13.2 Å². The largest absolute Gasteiger partial charge is 0.495 e. The fourth-order valence-electron chi connectivity index (χ4n) is 1.42. The first-order valence-electron chi connectivity index (χ1n) is 5.17. The van der Waals surface area contributed by atoms with Crippen LogP contribution >= 0.6 is 0 Å². The number of nitrogens with two attached hydrogens (primary N) is 1. The van der Waals surface area contributed by atoms with Gasteiger partial charge in [-0.25, -0.2) is 8.42 Å². The summed E-state index contributed by atoms with van der Waals surface area (Å²) in [5.74, 6) is 0.514. The third-order valence-corrected chi connectivity index (χ3v) is 4.10. The fourth-order valence-corrected chi connectivity index (χ4v) is 2.97. The van der Waals surface area contributed by atoms with Gasteiger partial charge in [-0.15, -0.1) is 0 Å². The number of para-hydroxylation sites is 1. The molecule has 16 heavy (non-hydrogen) atoms.